The summed E-state index contributed by atoms with van der Waals surface area (Å²) < 4.78 is 5.14. The Morgan fingerprint density at radius 3 is 2.50 bits per heavy atom. The van der Waals surface area contributed by atoms with Crippen molar-refractivity contribution in [1.82, 2.24) is 10.3 Å². The predicted molar refractivity (Wildman–Crippen MR) is 76.1 cm³/mol. The van der Waals surface area contributed by atoms with E-state index in [0.29, 0.717) is 18.7 Å². The number of hydrogen-bond donors (Lipinski definition) is 1. The van der Waals surface area contributed by atoms with Gasteiger partial charge in [0.25, 0.3) is 0 Å². The van der Waals surface area contributed by atoms with Gasteiger partial charge in [0.15, 0.2) is 0 Å². The summed E-state index contributed by atoms with van der Waals surface area (Å²) in [6.07, 6.45) is 1.94. The van der Waals surface area contributed by atoms with Gasteiger partial charge in [0.05, 0.1) is 6.61 Å². The van der Waals surface area contributed by atoms with Crippen molar-refractivity contribution < 1.29 is 4.74 Å². The van der Waals surface area contributed by atoms with Crippen LogP contribution in [0.25, 0.3) is 0 Å². The molecule has 0 fully saturated rings. The standard InChI is InChI=1S/C14H25N3O/c1-11(2)17(8-9-18-5)14-7-6-13(10-16-14)12(3)15-4/h6-7,10-12,15H,8-9H2,1-5H3. The zero-order valence-corrected chi connectivity index (χ0v) is 12.1. The fraction of sp³-hybridized carbons (Fsp3) is 0.643. The molecule has 1 atom stereocenters. The molecule has 0 aliphatic rings. The van der Waals surface area contributed by atoms with Crippen molar-refractivity contribution in [3.63, 3.8) is 0 Å². The van der Waals surface area contributed by atoms with Crippen LogP contribution in [0.3, 0.4) is 0 Å². The minimum Gasteiger partial charge on any atom is -0.383 e. The van der Waals surface area contributed by atoms with Crippen molar-refractivity contribution in [3.8, 4) is 0 Å². The fourth-order valence-electron chi connectivity index (χ4n) is 1.82. The van der Waals surface area contributed by atoms with Gasteiger partial charge in [-0.05, 0) is 39.4 Å². The molecule has 1 aromatic heterocycles. The van der Waals surface area contributed by atoms with E-state index < -0.39 is 0 Å². The van der Waals surface area contributed by atoms with Crippen molar-refractivity contribution >= 4 is 5.82 Å². The Labute approximate surface area is 110 Å². The van der Waals surface area contributed by atoms with Crippen LogP contribution in [-0.4, -0.2) is 38.3 Å². The van der Waals surface area contributed by atoms with Gasteiger partial charge in [-0.15, -0.1) is 0 Å². The second kappa shape index (κ2) is 7.34. The molecule has 0 bridgehead atoms. The quantitative estimate of drug-likeness (QED) is 0.806. The molecular weight excluding hydrogens is 226 g/mol. The number of nitrogens with one attached hydrogen (secondary N) is 1. The van der Waals surface area contributed by atoms with Gasteiger partial charge in [0.1, 0.15) is 5.82 Å². The molecule has 0 amide bonds. The average Bonchev–Trinajstić information content (AvgIpc) is 2.38. The largest absolute Gasteiger partial charge is 0.383 e. The summed E-state index contributed by atoms with van der Waals surface area (Å²) in [5.41, 5.74) is 1.21. The van der Waals surface area contributed by atoms with Crippen LogP contribution in [0, 0.1) is 0 Å². The summed E-state index contributed by atoms with van der Waals surface area (Å²) in [6.45, 7) is 8.04. The van der Waals surface area contributed by atoms with Gasteiger partial charge < -0.3 is 15.0 Å². The maximum absolute atomic E-state index is 5.14. The summed E-state index contributed by atoms with van der Waals surface area (Å²) in [6, 6.07) is 4.96. The lowest BCUT2D eigenvalue weighted by molar-refractivity contribution is 0.203. The first kappa shape index (κ1) is 14.9. The molecule has 0 saturated carbocycles. The minimum absolute atomic E-state index is 0.332. The van der Waals surface area contributed by atoms with Crippen LogP contribution in [0.1, 0.15) is 32.4 Å². The van der Waals surface area contributed by atoms with Crippen molar-refractivity contribution in [2.45, 2.75) is 32.9 Å². The molecule has 1 unspecified atom stereocenters. The number of pyridine rings is 1. The summed E-state index contributed by atoms with van der Waals surface area (Å²) in [5.74, 6) is 1.01. The van der Waals surface area contributed by atoms with Crippen LogP contribution in [0.15, 0.2) is 18.3 Å². The smallest absolute Gasteiger partial charge is 0.128 e. The molecule has 1 rings (SSSR count). The third kappa shape index (κ3) is 3.96. The van der Waals surface area contributed by atoms with Crippen LogP contribution in [0.4, 0.5) is 5.82 Å². The monoisotopic (exact) mass is 251 g/mol. The molecule has 0 aromatic carbocycles. The number of aromatic nitrogens is 1. The van der Waals surface area contributed by atoms with E-state index >= 15 is 0 Å². The number of ether oxygens (including phenoxy) is 1. The molecule has 1 N–H and O–H groups in total. The zero-order valence-electron chi connectivity index (χ0n) is 12.1. The van der Waals surface area contributed by atoms with Crippen molar-refractivity contribution in [1.29, 1.82) is 0 Å². The van der Waals surface area contributed by atoms with Gasteiger partial charge in [0.2, 0.25) is 0 Å². The Hall–Kier alpha value is -1.13. The molecule has 4 nitrogen and oxygen atoms in total. The summed E-state index contributed by atoms with van der Waals surface area (Å²) in [4.78, 5) is 6.80. The van der Waals surface area contributed by atoms with E-state index in [0.717, 1.165) is 12.4 Å². The van der Waals surface area contributed by atoms with E-state index in [4.69, 9.17) is 4.74 Å². The molecule has 0 spiro atoms. The minimum atomic E-state index is 0.332. The lowest BCUT2D eigenvalue weighted by atomic mass is 10.1. The van der Waals surface area contributed by atoms with E-state index in [2.05, 4.69) is 48.1 Å². The molecule has 0 aliphatic heterocycles. The highest BCUT2D eigenvalue weighted by Gasteiger charge is 2.12. The molecule has 1 heterocycles. The summed E-state index contributed by atoms with van der Waals surface area (Å²) in [5, 5.41) is 3.21. The number of nitrogens with zero attached hydrogens (tertiary/aromatic N) is 2. The van der Waals surface area contributed by atoms with E-state index in [1.807, 2.05) is 13.2 Å². The number of anilines is 1. The third-order valence-electron chi connectivity index (χ3n) is 3.16. The number of methoxy groups -OCH3 is 1. The first-order valence-electron chi connectivity index (χ1n) is 6.49. The molecule has 4 heteroatoms. The highest BCUT2D eigenvalue weighted by atomic mass is 16.5. The Balaban J connectivity index is 2.80. The SMILES string of the molecule is CNC(C)c1ccc(N(CCOC)C(C)C)nc1. The first-order valence-corrected chi connectivity index (χ1v) is 6.49. The van der Waals surface area contributed by atoms with Crippen LogP contribution in [0.5, 0.6) is 0 Å². The maximum atomic E-state index is 5.14. The first-order chi connectivity index (χ1) is 8.60. The van der Waals surface area contributed by atoms with Crippen LogP contribution in [0.2, 0.25) is 0 Å². The maximum Gasteiger partial charge on any atom is 0.128 e. The molecule has 0 radical (unpaired) electrons. The third-order valence-corrected chi connectivity index (χ3v) is 3.16. The average molecular weight is 251 g/mol. The van der Waals surface area contributed by atoms with Crippen molar-refractivity contribution in [3.05, 3.63) is 23.9 Å². The summed E-state index contributed by atoms with van der Waals surface area (Å²) in [7, 11) is 3.68. The second-order valence-corrected chi connectivity index (χ2v) is 4.74. The van der Waals surface area contributed by atoms with Crippen LogP contribution in [-0.2, 0) is 4.74 Å². The Bertz CT molecular complexity index is 337. The van der Waals surface area contributed by atoms with Crippen molar-refractivity contribution in [2.75, 3.05) is 32.2 Å². The Morgan fingerprint density at radius 1 is 1.33 bits per heavy atom. The van der Waals surface area contributed by atoms with E-state index in [1.165, 1.54) is 5.56 Å². The number of rotatable bonds is 7. The highest BCUT2D eigenvalue weighted by molar-refractivity contribution is 5.40. The fourth-order valence-corrected chi connectivity index (χ4v) is 1.82. The van der Waals surface area contributed by atoms with E-state index in [9.17, 15) is 0 Å². The lowest BCUT2D eigenvalue weighted by Gasteiger charge is -2.27. The lowest BCUT2D eigenvalue weighted by Crippen LogP contribution is -2.34. The Kier molecular flexibility index (Phi) is 6.09. The van der Waals surface area contributed by atoms with E-state index in [1.54, 1.807) is 7.11 Å². The van der Waals surface area contributed by atoms with Crippen molar-refractivity contribution in [2.24, 2.45) is 0 Å². The summed E-state index contributed by atoms with van der Waals surface area (Å²) >= 11 is 0. The topological polar surface area (TPSA) is 37.4 Å². The van der Waals surface area contributed by atoms with Gasteiger partial charge in [0, 0.05) is 31.9 Å². The second-order valence-electron chi connectivity index (χ2n) is 4.74. The van der Waals surface area contributed by atoms with E-state index in [-0.39, 0.29) is 0 Å². The van der Waals surface area contributed by atoms with Gasteiger partial charge in [-0.1, -0.05) is 6.07 Å². The predicted octanol–water partition coefficient (Wildman–Crippen LogP) is 2.22. The Morgan fingerprint density at radius 2 is 2.06 bits per heavy atom. The van der Waals surface area contributed by atoms with Crippen LogP contribution >= 0.6 is 0 Å². The normalized spacial score (nSPS) is 12.8. The van der Waals surface area contributed by atoms with Gasteiger partial charge in [-0.2, -0.15) is 0 Å². The molecule has 102 valence electrons. The molecular formula is C14H25N3O. The van der Waals surface area contributed by atoms with Crippen LogP contribution < -0.4 is 10.2 Å². The van der Waals surface area contributed by atoms with Gasteiger partial charge in [-0.3, -0.25) is 0 Å². The number of hydrogen-bond acceptors (Lipinski definition) is 4. The molecule has 0 saturated heterocycles. The van der Waals surface area contributed by atoms with Gasteiger partial charge >= 0.3 is 0 Å². The van der Waals surface area contributed by atoms with Gasteiger partial charge in [-0.25, -0.2) is 4.98 Å². The zero-order chi connectivity index (χ0) is 13.5. The molecule has 1 aromatic rings. The highest BCUT2D eigenvalue weighted by Crippen LogP contribution is 2.17. The molecule has 0 aliphatic carbocycles. The molecule has 18 heavy (non-hydrogen) atoms.